The van der Waals surface area contributed by atoms with Crippen molar-refractivity contribution in [3.63, 3.8) is 0 Å². The molecule has 100 valence electrons. The molecule has 2 nitrogen and oxygen atoms in total. The molecule has 0 bridgehead atoms. The number of hydrogen-bond donors (Lipinski definition) is 1. The third-order valence-electron chi connectivity index (χ3n) is 3.48. The van der Waals surface area contributed by atoms with Crippen molar-refractivity contribution in [1.82, 2.24) is 4.98 Å². The maximum atomic E-state index is 9.44. The fraction of sp³-hybridized carbons (Fsp3) is 0.167. The Bertz CT molecular complexity index is 745. The van der Waals surface area contributed by atoms with Crippen molar-refractivity contribution < 1.29 is 5.11 Å². The number of rotatable bonds is 2. The minimum atomic E-state index is 0.286. The monoisotopic (exact) mass is 263 g/mol. The molecular weight excluding hydrogens is 246 g/mol. The maximum Gasteiger partial charge on any atom is 0.115 e. The SMILES string of the molecule is CC(C)c1nc2ccccc2cc1-c1ccc(O)cc1. The highest BCUT2D eigenvalue weighted by atomic mass is 16.3. The standard InChI is InChI=1S/C18H17NO/c1-12(2)18-16(13-7-9-15(20)10-8-13)11-14-5-3-4-6-17(14)19-18/h3-12,20H,1-2H3. The van der Waals surface area contributed by atoms with Crippen LogP contribution in [-0.2, 0) is 0 Å². The van der Waals surface area contributed by atoms with Gasteiger partial charge in [-0.15, -0.1) is 0 Å². The van der Waals surface area contributed by atoms with Gasteiger partial charge in [0.15, 0.2) is 0 Å². The molecule has 1 heterocycles. The minimum Gasteiger partial charge on any atom is -0.508 e. The number of aromatic hydroxyl groups is 1. The lowest BCUT2D eigenvalue weighted by Crippen LogP contribution is -1.97. The normalized spacial score (nSPS) is 11.2. The van der Waals surface area contributed by atoms with E-state index in [1.807, 2.05) is 30.3 Å². The molecule has 1 N–H and O–H groups in total. The summed E-state index contributed by atoms with van der Waals surface area (Å²) in [6.45, 7) is 4.31. The van der Waals surface area contributed by atoms with Crippen molar-refractivity contribution in [3.05, 3.63) is 60.3 Å². The molecule has 2 heteroatoms. The maximum absolute atomic E-state index is 9.44. The highest BCUT2D eigenvalue weighted by Crippen LogP contribution is 2.31. The van der Waals surface area contributed by atoms with Crippen LogP contribution in [-0.4, -0.2) is 10.1 Å². The van der Waals surface area contributed by atoms with Crippen LogP contribution in [0, 0.1) is 0 Å². The van der Waals surface area contributed by atoms with Crippen LogP contribution in [0.1, 0.15) is 25.5 Å². The molecule has 3 aromatic rings. The fourth-order valence-electron chi connectivity index (χ4n) is 2.44. The van der Waals surface area contributed by atoms with Crippen LogP contribution in [0.3, 0.4) is 0 Å². The lowest BCUT2D eigenvalue weighted by molar-refractivity contribution is 0.475. The van der Waals surface area contributed by atoms with Gasteiger partial charge in [-0.3, -0.25) is 4.98 Å². The molecule has 0 saturated heterocycles. The van der Waals surface area contributed by atoms with E-state index in [4.69, 9.17) is 4.98 Å². The van der Waals surface area contributed by atoms with Gasteiger partial charge in [0.2, 0.25) is 0 Å². The average molecular weight is 263 g/mol. The number of nitrogens with zero attached hydrogens (tertiary/aromatic N) is 1. The molecular formula is C18H17NO. The molecule has 0 aliphatic rings. The summed E-state index contributed by atoms with van der Waals surface area (Å²) < 4.78 is 0. The molecule has 0 amide bonds. The molecule has 2 aromatic carbocycles. The number of phenols is 1. The molecule has 0 aliphatic heterocycles. The zero-order valence-electron chi connectivity index (χ0n) is 11.7. The van der Waals surface area contributed by atoms with Crippen LogP contribution in [0.15, 0.2) is 54.6 Å². The van der Waals surface area contributed by atoms with E-state index in [1.54, 1.807) is 12.1 Å². The molecule has 0 spiro atoms. The Labute approximate surface area is 118 Å². The van der Waals surface area contributed by atoms with Crippen LogP contribution in [0.4, 0.5) is 0 Å². The molecule has 0 radical (unpaired) electrons. The number of hydrogen-bond acceptors (Lipinski definition) is 2. The zero-order chi connectivity index (χ0) is 14.1. The van der Waals surface area contributed by atoms with Gasteiger partial charge in [0.05, 0.1) is 11.2 Å². The van der Waals surface area contributed by atoms with E-state index in [2.05, 4.69) is 26.0 Å². The zero-order valence-corrected chi connectivity index (χ0v) is 11.7. The third kappa shape index (κ3) is 2.25. The first-order valence-electron chi connectivity index (χ1n) is 6.84. The first-order chi connectivity index (χ1) is 9.65. The predicted octanol–water partition coefficient (Wildman–Crippen LogP) is 4.73. The summed E-state index contributed by atoms with van der Waals surface area (Å²) in [5.41, 5.74) is 4.34. The minimum absolute atomic E-state index is 0.286. The average Bonchev–Trinajstić information content (AvgIpc) is 2.46. The Morgan fingerprint density at radius 2 is 1.65 bits per heavy atom. The van der Waals surface area contributed by atoms with Gasteiger partial charge in [-0.05, 0) is 35.7 Å². The van der Waals surface area contributed by atoms with Gasteiger partial charge in [-0.25, -0.2) is 0 Å². The van der Waals surface area contributed by atoms with Crippen LogP contribution in [0.25, 0.3) is 22.0 Å². The van der Waals surface area contributed by atoms with E-state index < -0.39 is 0 Å². The van der Waals surface area contributed by atoms with Crippen molar-refractivity contribution in [2.24, 2.45) is 0 Å². The van der Waals surface area contributed by atoms with Crippen LogP contribution < -0.4 is 0 Å². The highest BCUT2D eigenvalue weighted by molar-refractivity contribution is 5.85. The number of pyridine rings is 1. The molecule has 20 heavy (non-hydrogen) atoms. The second-order valence-electron chi connectivity index (χ2n) is 5.32. The molecule has 3 rings (SSSR count). The van der Waals surface area contributed by atoms with Crippen molar-refractivity contribution in [2.45, 2.75) is 19.8 Å². The second-order valence-corrected chi connectivity index (χ2v) is 5.32. The van der Waals surface area contributed by atoms with Crippen LogP contribution in [0.5, 0.6) is 5.75 Å². The van der Waals surface area contributed by atoms with E-state index in [1.165, 1.54) is 0 Å². The van der Waals surface area contributed by atoms with Gasteiger partial charge in [0.1, 0.15) is 5.75 Å². The Morgan fingerprint density at radius 3 is 2.35 bits per heavy atom. The van der Waals surface area contributed by atoms with Crippen molar-refractivity contribution in [3.8, 4) is 16.9 Å². The lowest BCUT2D eigenvalue weighted by atomic mass is 9.96. The van der Waals surface area contributed by atoms with E-state index in [9.17, 15) is 5.11 Å². The smallest absolute Gasteiger partial charge is 0.115 e. The van der Waals surface area contributed by atoms with E-state index in [-0.39, 0.29) is 5.75 Å². The summed E-state index contributed by atoms with van der Waals surface area (Å²) >= 11 is 0. The van der Waals surface area contributed by atoms with Gasteiger partial charge >= 0.3 is 0 Å². The first-order valence-corrected chi connectivity index (χ1v) is 6.84. The van der Waals surface area contributed by atoms with Crippen molar-refractivity contribution in [1.29, 1.82) is 0 Å². The molecule has 1 aromatic heterocycles. The fourth-order valence-corrected chi connectivity index (χ4v) is 2.44. The van der Waals surface area contributed by atoms with Crippen LogP contribution >= 0.6 is 0 Å². The van der Waals surface area contributed by atoms with E-state index >= 15 is 0 Å². The number of aromatic nitrogens is 1. The number of benzene rings is 2. The van der Waals surface area contributed by atoms with Gasteiger partial charge in [-0.2, -0.15) is 0 Å². The molecule has 0 saturated carbocycles. The van der Waals surface area contributed by atoms with Crippen molar-refractivity contribution in [2.75, 3.05) is 0 Å². The Morgan fingerprint density at radius 1 is 0.950 bits per heavy atom. The third-order valence-corrected chi connectivity index (χ3v) is 3.48. The molecule has 0 aliphatic carbocycles. The summed E-state index contributed by atoms with van der Waals surface area (Å²) in [4.78, 5) is 4.81. The summed E-state index contributed by atoms with van der Waals surface area (Å²) in [5.74, 6) is 0.636. The van der Waals surface area contributed by atoms with E-state index in [0.717, 1.165) is 27.7 Å². The molecule has 0 atom stereocenters. The Hall–Kier alpha value is -2.35. The largest absolute Gasteiger partial charge is 0.508 e. The topological polar surface area (TPSA) is 33.1 Å². The predicted molar refractivity (Wildman–Crippen MR) is 82.9 cm³/mol. The van der Waals surface area contributed by atoms with Gasteiger partial charge < -0.3 is 5.11 Å². The Balaban J connectivity index is 2.26. The summed E-state index contributed by atoms with van der Waals surface area (Å²) in [6.07, 6.45) is 0. The molecule has 0 unspecified atom stereocenters. The van der Waals surface area contributed by atoms with E-state index in [0.29, 0.717) is 5.92 Å². The first kappa shape index (κ1) is 12.7. The highest BCUT2D eigenvalue weighted by Gasteiger charge is 2.12. The molecule has 0 fully saturated rings. The van der Waals surface area contributed by atoms with Crippen LogP contribution in [0.2, 0.25) is 0 Å². The summed E-state index contributed by atoms with van der Waals surface area (Å²) in [6, 6.07) is 17.7. The number of para-hydroxylation sites is 1. The van der Waals surface area contributed by atoms with Gasteiger partial charge in [-0.1, -0.05) is 44.2 Å². The van der Waals surface area contributed by atoms with Gasteiger partial charge in [0, 0.05) is 10.9 Å². The number of phenolic OH excluding ortho intramolecular Hbond substituents is 1. The summed E-state index contributed by atoms with van der Waals surface area (Å²) in [7, 11) is 0. The number of fused-ring (bicyclic) bond motifs is 1. The Kier molecular flexibility index (Phi) is 3.15. The van der Waals surface area contributed by atoms with Gasteiger partial charge in [0.25, 0.3) is 0 Å². The second kappa shape index (κ2) is 4.97. The summed E-state index contributed by atoms with van der Waals surface area (Å²) in [5, 5.41) is 10.6. The van der Waals surface area contributed by atoms with Crippen molar-refractivity contribution >= 4 is 10.9 Å². The lowest BCUT2D eigenvalue weighted by Gasteiger charge is -2.13. The quantitative estimate of drug-likeness (QED) is 0.725.